The number of hydrogen-bond donors (Lipinski definition) is 0. The fourth-order valence-electron chi connectivity index (χ4n) is 7.73. The lowest BCUT2D eigenvalue weighted by Crippen LogP contribution is -2.08. The van der Waals surface area contributed by atoms with Crippen molar-refractivity contribution in [3.05, 3.63) is 114 Å². The Balaban J connectivity index is 0.000000214. The Hall–Kier alpha value is -5.78. The fourth-order valence-corrected chi connectivity index (χ4v) is 7.73. The zero-order chi connectivity index (χ0) is 40.5. The van der Waals surface area contributed by atoms with Crippen LogP contribution in [0.1, 0.15) is 107 Å². The number of hydrogen-bond acceptors (Lipinski definition) is 10. The zero-order valence-electron chi connectivity index (χ0n) is 33.0. The summed E-state index contributed by atoms with van der Waals surface area (Å²) < 4.78 is 22.8. The molecule has 0 atom stereocenters. The molecule has 12 nitrogen and oxygen atoms in total. The molecule has 0 bridgehead atoms. The quantitative estimate of drug-likeness (QED) is 0.0687. The minimum absolute atomic E-state index is 0.0320. The molecule has 0 amide bonds. The van der Waals surface area contributed by atoms with Crippen LogP contribution in [0.5, 0.6) is 34.5 Å². The minimum atomic E-state index is -0.420. The topological polar surface area (TPSA) is 157 Å². The molecular weight excluding hydrogens is 716 g/mol. The number of ether oxygens (including phenoxy) is 4. The van der Waals surface area contributed by atoms with E-state index in [1.165, 1.54) is 49.9 Å². The minimum Gasteiger partial charge on any atom is -0.496 e. The van der Waals surface area contributed by atoms with E-state index in [0.29, 0.717) is 92.6 Å². The Morgan fingerprint density at radius 3 is 1.18 bits per heavy atom. The largest absolute Gasteiger partial charge is 0.496 e. The van der Waals surface area contributed by atoms with Crippen LogP contribution < -0.4 is 18.9 Å². The molecule has 0 saturated heterocycles. The number of methoxy groups -OCH3 is 2. The maximum Gasteiger partial charge on any atom is 0.270 e. The summed E-state index contributed by atoms with van der Waals surface area (Å²) in [6.07, 6.45) is 10.2. The van der Waals surface area contributed by atoms with Crippen LogP contribution in [0.4, 0.5) is 11.4 Å². The average molecular weight is 767 g/mol. The van der Waals surface area contributed by atoms with Gasteiger partial charge in [0.05, 0.1) is 35.2 Å². The second-order valence-corrected chi connectivity index (χ2v) is 14.8. The van der Waals surface area contributed by atoms with Crippen LogP contribution in [0.15, 0.2) is 60.7 Å². The van der Waals surface area contributed by atoms with Crippen molar-refractivity contribution >= 4 is 22.9 Å². The maximum atomic E-state index is 12.8. The van der Waals surface area contributed by atoms with Gasteiger partial charge in [0.15, 0.2) is 11.6 Å². The molecule has 0 heterocycles. The van der Waals surface area contributed by atoms with E-state index in [1.54, 1.807) is 78.3 Å². The van der Waals surface area contributed by atoms with E-state index in [4.69, 9.17) is 18.9 Å². The molecule has 0 aromatic heterocycles. The number of aryl methyl sites for hydroxylation is 4. The molecule has 4 aromatic carbocycles. The lowest BCUT2D eigenvalue weighted by Gasteiger charge is -2.15. The van der Waals surface area contributed by atoms with Crippen LogP contribution in [0.3, 0.4) is 0 Å². The number of benzene rings is 4. The van der Waals surface area contributed by atoms with Gasteiger partial charge in [-0.2, -0.15) is 0 Å². The van der Waals surface area contributed by atoms with Crippen LogP contribution in [0.25, 0.3) is 0 Å². The van der Waals surface area contributed by atoms with Crippen molar-refractivity contribution < 1.29 is 38.4 Å². The lowest BCUT2D eigenvalue weighted by atomic mass is 9.96. The highest BCUT2D eigenvalue weighted by molar-refractivity contribution is 6.00. The van der Waals surface area contributed by atoms with Gasteiger partial charge in [0.1, 0.15) is 34.5 Å². The normalized spacial score (nSPS) is 14.1. The summed E-state index contributed by atoms with van der Waals surface area (Å²) in [6.45, 7) is 7.08. The van der Waals surface area contributed by atoms with E-state index in [9.17, 15) is 29.8 Å². The first-order chi connectivity index (χ1) is 26.8. The second-order valence-electron chi connectivity index (χ2n) is 14.8. The third kappa shape index (κ3) is 10.3. The number of nitro benzene ring substituents is 2. The number of Topliss-reactive ketones (excluding diaryl/α,β-unsaturated/α-hetero) is 2. The van der Waals surface area contributed by atoms with Crippen molar-refractivity contribution in [3.8, 4) is 34.5 Å². The predicted octanol–water partition coefficient (Wildman–Crippen LogP) is 11.6. The number of non-ortho nitro benzene ring substituents is 2. The summed E-state index contributed by atoms with van der Waals surface area (Å²) in [7, 11) is 3.10. The molecule has 2 fully saturated rings. The number of nitro groups is 2. The van der Waals surface area contributed by atoms with E-state index in [1.807, 2.05) is 0 Å². The van der Waals surface area contributed by atoms with E-state index in [0.717, 1.165) is 25.7 Å². The Kier molecular flexibility index (Phi) is 13.8. The third-order valence-corrected chi connectivity index (χ3v) is 10.6. The maximum absolute atomic E-state index is 12.8. The number of nitrogens with zero attached hydrogens (tertiary/aromatic N) is 2. The van der Waals surface area contributed by atoms with Crippen molar-refractivity contribution in [2.45, 2.75) is 91.9 Å². The predicted molar refractivity (Wildman–Crippen MR) is 213 cm³/mol. The summed E-state index contributed by atoms with van der Waals surface area (Å²) in [5.41, 5.74) is 3.77. The molecule has 6 rings (SSSR count). The average Bonchev–Trinajstić information content (AvgIpc) is 3.89. The molecule has 0 N–H and O–H groups in total. The molecule has 0 aliphatic heterocycles. The monoisotopic (exact) mass is 766 g/mol. The Morgan fingerprint density at radius 2 is 0.893 bits per heavy atom. The van der Waals surface area contributed by atoms with Gasteiger partial charge in [0.2, 0.25) is 0 Å². The van der Waals surface area contributed by atoms with Gasteiger partial charge < -0.3 is 18.9 Å². The molecule has 2 aliphatic carbocycles. The van der Waals surface area contributed by atoms with Crippen molar-refractivity contribution in [2.24, 2.45) is 11.8 Å². The van der Waals surface area contributed by atoms with Gasteiger partial charge >= 0.3 is 0 Å². The molecule has 0 radical (unpaired) electrons. The number of carbonyl (C=O) groups is 2. The van der Waals surface area contributed by atoms with Gasteiger partial charge in [-0.05, 0) is 98.2 Å². The molecule has 0 unspecified atom stereocenters. The highest BCUT2D eigenvalue weighted by atomic mass is 16.6. The molecule has 0 spiro atoms. The van der Waals surface area contributed by atoms with Crippen molar-refractivity contribution in [3.63, 3.8) is 0 Å². The SMILES string of the molecule is COc1ccc(Oc2c(C)cc([N+](=O)[O-])cc2C)cc1C(=O)CC1CCCC1.COc1ccc(Oc2c(C)cc([N+](=O)[O-])cc2C)cc1C(=O)CC1CCCC1. The van der Waals surface area contributed by atoms with Gasteiger partial charge in [0.25, 0.3) is 11.4 Å². The lowest BCUT2D eigenvalue weighted by molar-refractivity contribution is -0.385. The van der Waals surface area contributed by atoms with E-state index >= 15 is 0 Å². The van der Waals surface area contributed by atoms with E-state index in [2.05, 4.69) is 0 Å². The number of ketones is 2. The molecule has 296 valence electrons. The van der Waals surface area contributed by atoms with Crippen LogP contribution in [0.2, 0.25) is 0 Å². The first kappa shape index (κ1) is 41.4. The van der Waals surface area contributed by atoms with Crippen molar-refractivity contribution in [1.82, 2.24) is 0 Å². The standard InChI is InChI=1S/2C22H25NO5/c2*1-14-10-17(23(25)26)11-15(2)22(14)28-18-8-9-21(27-3)19(13-18)20(24)12-16-6-4-5-7-16/h2*8-11,13,16H,4-7,12H2,1-3H3. The Labute approximate surface area is 327 Å². The van der Waals surface area contributed by atoms with Crippen LogP contribution in [-0.4, -0.2) is 35.6 Å². The van der Waals surface area contributed by atoms with Crippen molar-refractivity contribution in [1.29, 1.82) is 0 Å². The third-order valence-electron chi connectivity index (χ3n) is 10.6. The summed E-state index contributed by atoms with van der Waals surface area (Å²) in [5, 5.41) is 22.0. The molecule has 2 aliphatic rings. The number of carbonyl (C=O) groups excluding carboxylic acids is 2. The second kappa shape index (κ2) is 18.7. The van der Waals surface area contributed by atoms with Crippen LogP contribution >= 0.6 is 0 Å². The molecular formula is C44H50N2O10. The van der Waals surface area contributed by atoms with Gasteiger partial charge in [-0.3, -0.25) is 29.8 Å². The highest BCUT2D eigenvalue weighted by Crippen LogP contribution is 2.38. The smallest absolute Gasteiger partial charge is 0.270 e. The molecule has 4 aromatic rings. The first-order valence-electron chi connectivity index (χ1n) is 19.1. The van der Waals surface area contributed by atoms with E-state index < -0.39 is 9.85 Å². The zero-order valence-corrected chi connectivity index (χ0v) is 33.0. The number of rotatable bonds is 14. The Bertz CT molecular complexity index is 1900. The van der Waals surface area contributed by atoms with Crippen molar-refractivity contribution in [2.75, 3.05) is 14.2 Å². The highest BCUT2D eigenvalue weighted by Gasteiger charge is 2.24. The van der Waals surface area contributed by atoms with E-state index in [-0.39, 0.29) is 22.9 Å². The Morgan fingerprint density at radius 1 is 0.571 bits per heavy atom. The summed E-state index contributed by atoms with van der Waals surface area (Å²) >= 11 is 0. The summed E-state index contributed by atoms with van der Waals surface area (Å²) in [5.74, 6) is 4.22. The van der Waals surface area contributed by atoms with Gasteiger partial charge in [-0.25, -0.2) is 0 Å². The van der Waals surface area contributed by atoms with Crippen LogP contribution in [0, 0.1) is 59.8 Å². The van der Waals surface area contributed by atoms with Gasteiger partial charge in [-0.1, -0.05) is 51.4 Å². The molecule has 12 heteroatoms. The molecule has 2 saturated carbocycles. The fraction of sp³-hybridized carbons (Fsp3) is 0.409. The van der Waals surface area contributed by atoms with Gasteiger partial charge in [-0.15, -0.1) is 0 Å². The van der Waals surface area contributed by atoms with Gasteiger partial charge in [0, 0.05) is 37.1 Å². The first-order valence-corrected chi connectivity index (χ1v) is 19.1. The molecule has 56 heavy (non-hydrogen) atoms. The summed E-state index contributed by atoms with van der Waals surface area (Å²) in [6, 6.07) is 16.3. The van der Waals surface area contributed by atoms with Crippen LogP contribution in [-0.2, 0) is 0 Å². The summed E-state index contributed by atoms with van der Waals surface area (Å²) in [4.78, 5) is 46.9.